The first-order chi connectivity index (χ1) is 8.34. The molecule has 1 unspecified atom stereocenters. The molecule has 1 amide bonds. The Morgan fingerprint density at radius 2 is 1.94 bits per heavy atom. The number of nitrogens with one attached hydrogen (secondary N) is 1. The van der Waals surface area contributed by atoms with Gasteiger partial charge in [-0.2, -0.15) is 0 Å². The number of hydrogen-bond donors (Lipinski definition) is 2. The number of rotatable bonds is 4. The van der Waals surface area contributed by atoms with Crippen LogP contribution in [0.3, 0.4) is 0 Å². The molecule has 3 N–H and O–H groups in total. The summed E-state index contributed by atoms with van der Waals surface area (Å²) in [7, 11) is 0. The Hall–Kier alpha value is -1.35. The van der Waals surface area contributed by atoms with Gasteiger partial charge in [-0.25, -0.2) is 0 Å². The zero-order valence-electron chi connectivity index (χ0n) is 11.8. The predicted octanol–water partition coefficient (Wildman–Crippen LogP) is 2.03. The standard InChI is InChI=1S/C15H24N2O/c1-11-7-5-6-8-12(11)9-14(18)17-13(10-16)15(2,3)4/h5-8,13H,9-10,16H2,1-4H3,(H,17,18). The molecule has 1 rings (SSSR count). The smallest absolute Gasteiger partial charge is 0.224 e. The zero-order valence-corrected chi connectivity index (χ0v) is 11.8. The molecule has 1 aromatic carbocycles. The van der Waals surface area contributed by atoms with E-state index >= 15 is 0 Å². The van der Waals surface area contributed by atoms with Crippen LogP contribution in [0, 0.1) is 12.3 Å². The SMILES string of the molecule is Cc1ccccc1CC(=O)NC(CN)C(C)(C)C. The monoisotopic (exact) mass is 248 g/mol. The second-order valence-electron chi connectivity index (χ2n) is 5.83. The first kappa shape index (κ1) is 14.7. The number of nitrogens with two attached hydrogens (primary N) is 1. The van der Waals surface area contributed by atoms with Crippen LogP contribution in [-0.2, 0) is 11.2 Å². The Morgan fingerprint density at radius 1 is 1.33 bits per heavy atom. The van der Waals surface area contributed by atoms with Crippen LogP contribution < -0.4 is 11.1 Å². The summed E-state index contributed by atoms with van der Waals surface area (Å²) in [5.74, 6) is 0.0367. The summed E-state index contributed by atoms with van der Waals surface area (Å²) in [6, 6.07) is 7.96. The van der Waals surface area contributed by atoms with Crippen LogP contribution in [0.4, 0.5) is 0 Å². The second kappa shape index (κ2) is 6.01. The van der Waals surface area contributed by atoms with E-state index < -0.39 is 0 Å². The van der Waals surface area contributed by atoms with Crippen molar-refractivity contribution in [1.82, 2.24) is 5.32 Å². The van der Waals surface area contributed by atoms with E-state index in [-0.39, 0.29) is 17.4 Å². The number of carbonyl (C=O) groups is 1. The van der Waals surface area contributed by atoms with Crippen molar-refractivity contribution in [2.75, 3.05) is 6.54 Å². The highest BCUT2D eigenvalue weighted by Gasteiger charge is 2.24. The summed E-state index contributed by atoms with van der Waals surface area (Å²) in [6.07, 6.45) is 0.416. The predicted molar refractivity (Wildman–Crippen MR) is 75.3 cm³/mol. The molecule has 0 saturated carbocycles. The van der Waals surface area contributed by atoms with Crippen LogP contribution in [0.1, 0.15) is 31.9 Å². The lowest BCUT2D eigenvalue weighted by Crippen LogP contribution is -2.48. The number of benzene rings is 1. The van der Waals surface area contributed by atoms with Gasteiger partial charge >= 0.3 is 0 Å². The molecule has 1 atom stereocenters. The van der Waals surface area contributed by atoms with Crippen LogP contribution in [0.25, 0.3) is 0 Å². The highest BCUT2D eigenvalue weighted by Crippen LogP contribution is 2.18. The molecule has 0 aliphatic heterocycles. The first-order valence-corrected chi connectivity index (χ1v) is 6.38. The van der Waals surface area contributed by atoms with Gasteiger partial charge in [-0.05, 0) is 23.5 Å². The van der Waals surface area contributed by atoms with Crippen molar-refractivity contribution in [3.8, 4) is 0 Å². The van der Waals surface area contributed by atoms with Gasteiger partial charge in [0.05, 0.1) is 6.42 Å². The van der Waals surface area contributed by atoms with Crippen LogP contribution in [-0.4, -0.2) is 18.5 Å². The van der Waals surface area contributed by atoms with E-state index in [0.717, 1.165) is 11.1 Å². The molecule has 0 saturated heterocycles. The van der Waals surface area contributed by atoms with Gasteiger partial charge in [0.1, 0.15) is 0 Å². The normalized spacial score (nSPS) is 13.2. The minimum absolute atomic E-state index is 0.00835. The molecule has 0 bridgehead atoms. The van der Waals surface area contributed by atoms with Crippen molar-refractivity contribution in [1.29, 1.82) is 0 Å². The minimum Gasteiger partial charge on any atom is -0.351 e. The fourth-order valence-corrected chi connectivity index (χ4v) is 1.86. The Kier molecular flexibility index (Phi) is 4.91. The topological polar surface area (TPSA) is 55.1 Å². The summed E-state index contributed by atoms with van der Waals surface area (Å²) in [5, 5.41) is 3.02. The van der Waals surface area contributed by atoms with E-state index in [1.165, 1.54) is 0 Å². The third-order valence-electron chi connectivity index (χ3n) is 3.23. The maximum Gasteiger partial charge on any atom is 0.224 e. The van der Waals surface area contributed by atoms with Crippen LogP contribution in [0.5, 0.6) is 0 Å². The molecular formula is C15H24N2O. The van der Waals surface area contributed by atoms with Gasteiger partial charge in [-0.15, -0.1) is 0 Å². The minimum atomic E-state index is -0.0177. The van der Waals surface area contributed by atoms with Crippen LogP contribution in [0.2, 0.25) is 0 Å². The third-order valence-corrected chi connectivity index (χ3v) is 3.23. The van der Waals surface area contributed by atoms with E-state index in [9.17, 15) is 4.79 Å². The molecular weight excluding hydrogens is 224 g/mol. The van der Waals surface area contributed by atoms with E-state index in [0.29, 0.717) is 13.0 Å². The number of aryl methyl sites for hydroxylation is 1. The van der Waals surface area contributed by atoms with E-state index in [4.69, 9.17) is 5.73 Å². The maximum atomic E-state index is 12.0. The molecule has 0 aliphatic rings. The molecule has 100 valence electrons. The summed E-state index contributed by atoms with van der Waals surface area (Å²) in [5.41, 5.74) is 7.91. The lowest BCUT2D eigenvalue weighted by molar-refractivity contribution is -0.121. The summed E-state index contributed by atoms with van der Waals surface area (Å²) < 4.78 is 0. The van der Waals surface area contributed by atoms with E-state index in [1.807, 2.05) is 31.2 Å². The zero-order chi connectivity index (χ0) is 13.8. The van der Waals surface area contributed by atoms with Crippen molar-refractivity contribution in [3.63, 3.8) is 0 Å². The van der Waals surface area contributed by atoms with Crippen molar-refractivity contribution < 1.29 is 4.79 Å². The summed E-state index contributed by atoms with van der Waals surface area (Å²) in [4.78, 5) is 12.0. The molecule has 1 aromatic rings. The number of amides is 1. The number of hydrogen-bond acceptors (Lipinski definition) is 2. The first-order valence-electron chi connectivity index (χ1n) is 6.38. The Balaban J connectivity index is 2.65. The second-order valence-corrected chi connectivity index (χ2v) is 5.83. The lowest BCUT2D eigenvalue weighted by Gasteiger charge is -2.30. The Morgan fingerprint density at radius 3 is 2.44 bits per heavy atom. The van der Waals surface area contributed by atoms with Crippen molar-refractivity contribution >= 4 is 5.91 Å². The van der Waals surface area contributed by atoms with Gasteiger partial charge in [-0.1, -0.05) is 45.0 Å². The average Bonchev–Trinajstić information content (AvgIpc) is 2.27. The molecule has 0 fully saturated rings. The van der Waals surface area contributed by atoms with Gasteiger partial charge in [0, 0.05) is 12.6 Å². The molecule has 0 radical (unpaired) electrons. The fourth-order valence-electron chi connectivity index (χ4n) is 1.86. The van der Waals surface area contributed by atoms with Gasteiger partial charge in [0.2, 0.25) is 5.91 Å². The molecule has 3 nitrogen and oxygen atoms in total. The van der Waals surface area contributed by atoms with Crippen molar-refractivity contribution in [2.45, 2.75) is 40.2 Å². The Bertz CT molecular complexity index is 407. The summed E-state index contributed by atoms with van der Waals surface area (Å²) >= 11 is 0. The number of carbonyl (C=O) groups excluding carboxylic acids is 1. The van der Waals surface area contributed by atoms with Crippen molar-refractivity contribution in [2.24, 2.45) is 11.1 Å². The largest absolute Gasteiger partial charge is 0.351 e. The highest BCUT2D eigenvalue weighted by molar-refractivity contribution is 5.79. The van der Waals surface area contributed by atoms with E-state index in [2.05, 4.69) is 26.1 Å². The van der Waals surface area contributed by atoms with Crippen molar-refractivity contribution in [3.05, 3.63) is 35.4 Å². The third kappa shape index (κ3) is 4.15. The molecule has 3 heteroatoms. The molecule has 0 heterocycles. The van der Waals surface area contributed by atoms with Gasteiger partial charge < -0.3 is 11.1 Å². The molecule has 18 heavy (non-hydrogen) atoms. The lowest BCUT2D eigenvalue weighted by atomic mass is 9.86. The molecule has 0 aliphatic carbocycles. The van der Waals surface area contributed by atoms with Gasteiger partial charge in [0.15, 0.2) is 0 Å². The van der Waals surface area contributed by atoms with Crippen LogP contribution >= 0.6 is 0 Å². The van der Waals surface area contributed by atoms with Gasteiger partial charge in [-0.3, -0.25) is 4.79 Å². The quantitative estimate of drug-likeness (QED) is 0.856. The highest BCUT2D eigenvalue weighted by atomic mass is 16.1. The van der Waals surface area contributed by atoms with Crippen LogP contribution in [0.15, 0.2) is 24.3 Å². The molecule has 0 spiro atoms. The fraction of sp³-hybridized carbons (Fsp3) is 0.533. The Labute approximate surface area is 110 Å². The van der Waals surface area contributed by atoms with E-state index in [1.54, 1.807) is 0 Å². The average molecular weight is 248 g/mol. The summed E-state index contributed by atoms with van der Waals surface area (Å²) in [6.45, 7) is 8.73. The maximum absolute atomic E-state index is 12.0. The molecule has 0 aromatic heterocycles. The van der Waals surface area contributed by atoms with Gasteiger partial charge in [0.25, 0.3) is 0 Å².